The van der Waals surface area contributed by atoms with E-state index in [2.05, 4.69) is 10.3 Å². The number of hydrogen-bond acceptors (Lipinski definition) is 5. The summed E-state index contributed by atoms with van der Waals surface area (Å²) < 4.78 is 18.3. The largest absolute Gasteiger partial charge is 0.466 e. The summed E-state index contributed by atoms with van der Waals surface area (Å²) in [6.07, 6.45) is 0.128. The van der Waals surface area contributed by atoms with Crippen molar-refractivity contribution < 1.29 is 13.9 Å². The SMILES string of the molecule is CCOC(=O)Cc1csc(Nc2ccccc2F)n1. The number of hydrogen-bond donors (Lipinski definition) is 1. The summed E-state index contributed by atoms with van der Waals surface area (Å²) in [7, 11) is 0. The summed E-state index contributed by atoms with van der Waals surface area (Å²) in [5.41, 5.74) is 0.974. The van der Waals surface area contributed by atoms with Gasteiger partial charge in [0.15, 0.2) is 5.13 Å². The molecule has 0 atom stereocenters. The standard InChI is InChI=1S/C13H13FN2O2S/c1-2-18-12(17)7-9-8-19-13(15-9)16-11-6-4-3-5-10(11)14/h3-6,8H,2,7H2,1H3,(H,15,16). The first-order valence-corrected chi connectivity index (χ1v) is 6.68. The first-order chi connectivity index (χ1) is 9.19. The number of carbonyl (C=O) groups is 1. The van der Waals surface area contributed by atoms with Crippen molar-refractivity contribution in [3.8, 4) is 0 Å². The molecule has 0 unspecified atom stereocenters. The van der Waals surface area contributed by atoms with Crippen molar-refractivity contribution in [3.63, 3.8) is 0 Å². The first kappa shape index (κ1) is 13.5. The summed E-state index contributed by atoms with van der Waals surface area (Å²) in [5, 5.41) is 5.17. The van der Waals surface area contributed by atoms with Crippen LogP contribution in [0.1, 0.15) is 12.6 Å². The Morgan fingerprint density at radius 2 is 2.26 bits per heavy atom. The average Bonchev–Trinajstić information content (AvgIpc) is 2.80. The van der Waals surface area contributed by atoms with Crippen LogP contribution in [-0.4, -0.2) is 17.6 Å². The molecule has 0 radical (unpaired) electrons. The lowest BCUT2D eigenvalue weighted by Crippen LogP contribution is -2.07. The van der Waals surface area contributed by atoms with Gasteiger partial charge in [-0.25, -0.2) is 9.37 Å². The maximum absolute atomic E-state index is 13.4. The van der Waals surface area contributed by atoms with Crippen molar-refractivity contribution in [2.45, 2.75) is 13.3 Å². The Labute approximate surface area is 114 Å². The molecule has 0 fully saturated rings. The van der Waals surface area contributed by atoms with Gasteiger partial charge in [0.05, 0.1) is 24.4 Å². The van der Waals surface area contributed by atoms with E-state index >= 15 is 0 Å². The van der Waals surface area contributed by atoms with Crippen molar-refractivity contribution in [3.05, 3.63) is 41.2 Å². The highest BCUT2D eigenvalue weighted by molar-refractivity contribution is 7.13. The number of carbonyl (C=O) groups excluding carboxylic acids is 1. The van der Waals surface area contributed by atoms with Crippen LogP contribution in [0.25, 0.3) is 0 Å². The molecule has 0 spiro atoms. The van der Waals surface area contributed by atoms with Crippen molar-refractivity contribution in [2.24, 2.45) is 0 Å². The van der Waals surface area contributed by atoms with E-state index in [1.165, 1.54) is 17.4 Å². The molecule has 0 aliphatic carbocycles. The molecule has 2 aromatic rings. The average molecular weight is 280 g/mol. The van der Waals surface area contributed by atoms with Crippen molar-refractivity contribution in [1.29, 1.82) is 0 Å². The zero-order valence-electron chi connectivity index (χ0n) is 10.4. The number of para-hydroxylation sites is 1. The minimum atomic E-state index is -0.343. The second kappa shape index (κ2) is 6.29. The topological polar surface area (TPSA) is 51.2 Å². The zero-order chi connectivity index (χ0) is 13.7. The number of thiazole rings is 1. The molecule has 1 aromatic carbocycles. The van der Waals surface area contributed by atoms with Crippen LogP contribution < -0.4 is 5.32 Å². The van der Waals surface area contributed by atoms with Crippen LogP contribution in [0.4, 0.5) is 15.2 Å². The van der Waals surface area contributed by atoms with Crippen LogP contribution in [-0.2, 0) is 16.0 Å². The predicted octanol–water partition coefficient (Wildman–Crippen LogP) is 3.13. The highest BCUT2D eigenvalue weighted by Crippen LogP contribution is 2.23. The third-order valence-corrected chi connectivity index (χ3v) is 3.10. The molecule has 1 heterocycles. The van der Waals surface area contributed by atoms with Gasteiger partial charge in [-0.1, -0.05) is 12.1 Å². The van der Waals surface area contributed by atoms with Crippen LogP contribution in [0, 0.1) is 5.82 Å². The van der Waals surface area contributed by atoms with E-state index in [0.29, 0.717) is 23.1 Å². The quantitative estimate of drug-likeness (QED) is 0.855. The van der Waals surface area contributed by atoms with E-state index in [1.54, 1.807) is 30.5 Å². The summed E-state index contributed by atoms with van der Waals surface area (Å²) in [6.45, 7) is 2.10. The lowest BCUT2D eigenvalue weighted by molar-refractivity contribution is -0.142. The van der Waals surface area contributed by atoms with Crippen molar-refractivity contribution in [1.82, 2.24) is 4.98 Å². The number of ether oxygens (including phenoxy) is 1. The molecular weight excluding hydrogens is 267 g/mol. The van der Waals surface area contributed by atoms with Gasteiger partial charge in [0.2, 0.25) is 0 Å². The molecule has 100 valence electrons. The number of benzene rings is 1. The smallest absolute Gasteiger partial charge is 0.311 e. The summed E-state index contributed by atoms with van der Waals surface area (Å²) >= 11 is 1.32. The Kier molecular flexibility index (Phi) is 4.46. The van der Waals surface area contributed by atoms with Gasteiger partial charge in [-0.3, -0.25) is 4.79 Å². The molecule has 19 heavy (non-hydrogen) atoms. The Morgan fingerprint density at radius 3 is 3.00 bits per heavy atom. The third-order valence-electron chi connectivity index (χ3n) is 2.30. The van der Waals surface area contributed by atoms with E-state index in [-0.39, 0.29) is 18.2 Å². The minimum absolute atomic E-state index is 0.128. The maximum atomic E-state index is 13.4. The molecule has 0 saturated heterocycles. The van der Waals surface area contributed by atoms with Gasteiger partial charge in [0.1, 0.15) is 5.82 Å². The van der Waals surface area contributed by atoms with E-state index in [1.807, 2.05) is 0 Å². The lowest BCUT2D eigenvalue weighted by atomic mass is 10.3. The minimum Gasteiger partial charge on any atom is -0.466 e. The number of nitrogens with zero attached hydrogens (tertiary/aromatic N) is 1. The number of nitrogens with one attached hydrogen (secondary N) is 1. The maximum Gasteiger partial charge on any atom is 0.311 e. The molecule has 4 nitrogen and oxygen atoms in total. The van der Waals surface area contributed by atoms with Crippen molar-refractivity contribution in [2.75, 3.05) is 11.9 Å². The molecule has 1 N–H and O–H groups in total. The number of halogens is 1. The molecule has 2 rings (SSSR count). The Balaban J connectivity index is 2.02. The van der Waals surface area contributed by atoms with Crippen LogP contribution in [0.15, 0.2) is 29.6 Å². The fourth-order valence-electron chi connectivity index (χ4n) is 1.48. The molecule has 0 aliphatic heterocycles. The molecule has 0 amide bonds. The van der Waals surface area contributed by atoms with E-state index in [4.69, 9.17) is 4.74 Å². The second-order valence-corrected chi connectivity index (χ2v) is 4.59. The van der Waals surface area contributed by atoms with Gasteiger partial charge in [-0.2, -0.15) is 0 Å². The highest BCUT2D eigenvalue weighted by Gasteiger charge is 2.09. The molecule has 0 saturated carbocycles. The number of rotatable bonds is 5. The van der Waals surface area contributed by atoms with Crippen LogP contribution in [0.2, 0.25) is 0 Å². The zero-order valence-corrected chi connectivity index (χ0v) is 11.2. The van der Waals surface area contributed by atoms with E-state index in [9.17, 15) is 9.18 Å². The first-order valence-electron chi connectivity index (χ1n) is 5.80. The molecular formula is C13H13FN2O2S. The van der Waals surface area contributed by atoms with Crippen LogP contribution >= 0.6 is 11.3 Å². The van der Waals surface area contributed by atoms with Gasteiger partial charge < -0.3 is 10.1 Å². The van der Waals surface area contributed by atoms with Gasteiger partial charge in [-0.05, 0) is 19.1 Å². The number of aromatic nitrogens is 1. The molecule has 0 bridgehead atoms. The molecule has 6 heteroatoms. The number of esters is 1. The van der Waals surface area contributed by atoms with Gasteiger partial charge >= 0.3 is 5.97 Å². The monoisotopic (exact) mass is 280 g/mol. The van der Waals surface area contributed by atoms with E-state index < -0.39 is 0 Å². The summed E-state index contributed by atoms with van der Waals surface area (Å²) in [6, 6.07) is 6.35. The Morgan fingerprint density at radius 1 is 1.47 bits per heavy atom. The van der Waals surface area contributed by atoms with Crippen molar-refractivity contribution >= 4 is 28.1 Å². The highest BCUT2D eigenvalue weighted by atomic mass is 32.1. The number of anilines is 2. The molecule has 0 aliphatic rings. The fraction of sp³-hybridized carbons (Fsp3) is 0.231. The van der Waals surface area contributed by atoms with Gasteiger partial charge in [0, 0.05) is 5.38 Å². The van der Waals surface area contributed by atoms with Crippen LogP contribution in [0.3, 0.4) is 0 Å². The van der Waals surface area contributed by atoms with Gasteiger partial charge in [0.25, 0.3) is 0 Å². The van der Waals surface area contributed by atoms with Gasteiger partial charge in [-0.15, -0.1) is 11.3 Å². The van der Waals surface area contributed by atoms with Crippen LogP contribution in [0.5, 0.6) is 0 Å². The molecule has 1 aromatic heterocycles. The Hall–Kier alpha value is -1.95. The summed E-state index contributed by atoms with van der Waals surface area (Å²) in [5.74, 6) is -0.658. The normalized spacial score (nSPS) is 10.2. The summed E-state index contributed by atoms with van der Waals surface area (Å²) in [4.78, 5) is 15.5. The Bertz CT molecular complexity index is 571. The third kappa shape index (κ3) is 3.75. The predicted molar refractivity (Wildman–Crippen MR) is 72.1 cm³/mol. The van der Waals surface area contributed by atoms with E-state index in [0.717, 1.165) is 0 Å². The lowest BCUT2D eigenvalue weighted by Gasteiger charge is -2.03. The fourth-order valence-corrected chi connectivity index (χ4v) is 2.21. The second-order valence-electron chi connectivity index (χ2n) is 3.73.